The van der Waals surface area contributed by atoms with Crippen molar-refractivity contribution in [3.8, 4) is 0 Å². The maximum absolute atomic E-state index is 3.63. The predicted molar refractivity (Wildman–Crippen MR) is 74.3 cm³/mol. The highest BCUT2D eigenvalue weighted by molar-refractivity contribution is 5.18. The van der Waals surface area contributed by atoms with Gasteiger partial charge in [0.2, 0.25) is 0 Å². The number of benzene rings is 1. The summed E-state index contributed by atoms with van der Waals surface area (Å²) in [6.07, 6.45) is 5.49. The second-order valence-electron chi connectivity index (χ2n) is 5.94. The summed E-state index contributed by atoms with van der Waals surface area (Å²) in [6.45, 7) is 7.08. The van der Waals surface area contributed by atoms with Gasteiger partial charge in [-0.15, -0.1) is 0 Å². The van der Waals surface area contributed by atoms with E-state index < -0.39 is 0 Å². The first-order valence-electron chi connectivity index (χ1n) is 6.95. The van der Waals surface area contributed by atoms with Crippen LogP contribution in [-0.4, -0.2) is 13.1 Å². The normalized spacial score (nSPS) is 19.6. The van der Waals surface area contributed by atoms with E-state index in [1.807, 2.05) is 0 Å². The van der Waals surface area contributed by atoms with Gasteiger partial charge >= 0.3 is 0 Å². The standard InChI is InChI=1S/C16H25N/c1-14(15-7-4-3-5-8-15)9-12-17-13-16(2)10-6-11-16/h3-5,7-8,14,17H,6,9-13H2,1-2H3. The molecular weight excluding hydrogens is 206 g/mol. The number of hydrogen-bond acceptors (Lipinski definition) is 1. The van der Waals surface area contributed by atoms with E-state index in [9.17, 15) is 0 Å². The van der Waals surface area contributed by atoms with Gasteiger partial charge in [0.1, 0.15) is 0 Å². The molecule has 0 spiro atoms. The van der Waals surface area contributed by atoms with Crippen molar-refractivity contribution in [1.82, 2.24) is 5.32 Å². The molecule has 1 atom stereocenters. The van der Waals surface area contributed by atoms with E-state index in [1.165, 1.54) is 37.8 Å². The summed E-state index contributed by atoms with van der Waals surface area (Å²) in [5.41, 5.74) is 2.07. The van der Waals surface area contributed by atoms with Gasteiger partial charge in [0, 0.05) is 6.54 Å². The molecule has 0 saturated heterocycles. The van der Waals surface area contributed by atoms with E-state index >= 15 is 0 Å². The Labute approximate surface area is 106 Å². The summed E-state index contributed by atoms with van der Waals surface area (Å²) in [4.78, 5) is 0. The maximum atomic E-state index is 3.63. The Morgan fingerprint density at radius 2 is 1.94 bits per heavy atom. The molecule has 0 amide bonds. The monoisotopic (exact) mass is 231 g/mol. The Balaban J connectivity index is 1.65. The quantitative estimate of drug-likeness (QED) is 0.731. The minimum atomic E-state index is 0.607. The van der Waals surface area contributed by atoms with Gasteiger partial charge in [-0.25, -0.2) is 0 Å². The highest BCUT2D eigenvalue weighted by atomic mass is 14.9. The largest absolute Gasteiger partial charge is 0.316 e. The molecule has 0 aromatic heterocycles. The Morgan fingerprint density at radius 1 is 1.24 bits per heavy atom. The van der Waals surface area contributed by atoms with E-state index in [4.69, 9.17) is 0 Å². The molecule has 0 heterocycles. The van der Waals surface area contributed by atoms with Crippen LogP contribution in [0.15, 0.2) is 30.3 Å². The van der Waals surface area contributed by atoms with Crippen LogP contribution in [0.3, 0.4) is 0 Å². The lowest BCUT2D eigenvalue weighted by atomic mass is 9.70. The molecule has 94 valence electrons. The van der Waals surface area contributed by atoms with Crippen molar-refractivity contribution in [1.29, 1.82) is 0 Å². The number of hydrogen-bond donors (Lipinski definition) is 1. The summed E-state index contributed by atoms with van der Waals surface area (Å²) in [5, 5.41) is 3.63. The average molecular weight is 231 g/mol. The molecule has 1 saturated carbocycles. The molecule has 1 aliphatic rings. The molecule has 1 aromatic rings. The Morgan fingerprint density at radius 3 is 2.53 bits per heavy atom. The number of nitrogens with one attached hydrogen (secondary N) is 1. The molecule has 1 aliphatic carbocycles. The lowest BCUT2D eigenvalue weighted by molar-refractivity contribution is 0.157. The SMILES string of the molecule is CC(CCNCC1(C)CCC1)c1ccccc1. The lowest BCUT2D eigenvalue weighted by Crippen LogP contribution is -2.37. The van der Waals surface area contributed by atoms with E-state index in [2.05, 4.69) is 49.5 Å². The first kappa shape index (κ1) is 12.6. The molecule has 0 radical (unpaired) electrons. The van der Waals surface area contributed by atoms with Crippen molar-refractivity contribution in [2.75, 3.05) is 13.1 Å². The fourth-order valence-corrected chi connectivity index (χ4v) is 2.61. The molecule has 0 bridgehead atoms. The fourth-order valence-electron chi connectivity index (χ4n) is 2.61. The van der Waals surface area contributed by atoms with Crippen molar-refractivity contribution in [3.63, 3.8) is 0 Å². The van der Waals surface area contributed by atoms with Gasteiger partial charge in [-0.3, -0.25) is 0 Å². The summed E-state index contributed by atoms with van der Waals surface area (Å²) in [5.74, 6) is 0.665. The number of rotatable bonds is 6. The van der Waals surface area contributed by atoms with Crippen LogP contribution in [0.2, 0.25) is 0 Å². The highest BCUT2D eigenvalue weighted by Gasteiger charge is 2.30. The smallest absolute Gasteiger partial charge is 0.000516 e. The molecule has 17 heavy (non-hydrogen) atoms. The lowest BCUT2D eigenvalue weighted by Gasteiger charge is -2.38. The van der Waals surface area contributed by atoms with Gasteiger partial charge in [0.25, 0.3) is 0 Å². The molecule has 1 heteroatoms. The van der Waals surface area contributed by atoms with Crippen LogP contribution in [-0.2, 0) is 0 Å². The van der Waals surface area contributed by atoms with Crippen LogP contribution >= 0.6 is 0 Å². The molecule has 1 nitrogen and oxygen atoms in total. The van der Waals surface area contributed by atoms with Crippen LogP contribution < -0.4 is 5.32 Å². The maximum Gasteiger partial charge on any atom is 0.000516 e. The summed E-state index contributed by atoms with van der Waals surface area (Å²) in [7, 11) is 0. The summed E-state index contributed by atoms with van der Waals surface area (Å²) in [6, 6.07) is 10.8. The van der Waals surface area contributed by atoms with E-state index in [1.54, 1.807) is 0 Å². The third-order valence-electron chi connectivity index (χ3n) is 4.24. The van der Waals surface area contributed by atoms with Gasteiger partial charge in [-0.1, -0.05) is 50.6 Å². The minimum Gasteiger partial charge on any atom is -0.316 e. The first-order chi connectivity index (χ1) is 8.20. The molecule has 1 fully saturated rings. The van der Waals surface area contributed by atoms with Gasteiger partial charge < -0.3 is 5.32 Å². The Bertz CT molecular complexity index is 327. The zero-order chi connectivity index (χ0) is 12.1. The third-order valence-corrected chi connectivity index (χ3v) is 4.24. The first-order valence-corrected chi connectivity index (χ1v) is 6.95. The second-order valence-corrected chi connectivity index (χ2v) is 5.94. The zero-order valence-corrected chi connectivity index (χ0v) is 11.2. The minimum absolute atomic E-state index is 0.607. The van der Waals surface area contributed by atoms with E-state index in [0.717, 1.165) is 6.54 Å². The second kappa shape index (κ2) is 5.68. The van der Waals surface area contributed by atoms with Crippen LogP contribution in [0, 0.1) is 5.41 Å². The molecule has 1 unspecified atom stereocenters. The molecule has 2 rings (SSSR count). The van der Waals surface area contributed by atoms with Crippen LogP contribution in [0.4, 0.5) is 0 Å². The topological polar surface area (TPSA) is 12.0 Å². The molecule has 1 N–H and O–H groups in total. The van der Waals surface area contributed by atoms with Crippen molar-refractivity contribution in [3.05, 3.63) is 35.9 Å². The van der Waals surface area contributed by atoms with Crippen molar-refractivity contribution >= 4 is 0 Å². The zero-order valence-electron chi connectivity index (χ0n) is 11.2. The van der Waals surface area contributed by atoms with Crippen LogP contribution in [0.1, 0.15) is 51.0 Å². The summed E-state index contributed by atoms with van der Waals surface area (Å²) >= 11 is 0. The van der Waals surface area contributed by atoms with E-state index in [0.29, 0.717) is 11.3 Å². The van der Waals surface area contributed by atoms with Gasteiger partial charge in [0.05, 0.1) is 0 Å². The predicted octanol–water partition coefficient (Wildman–Crippen LogP) is 3.96. The molecule has 1 aromatic carbocycles. The Hall–Kier alpha value is -0.820. The van der Waals surface area contributed by atoms with Gasteiger partial charge in [-0.2, -0.15) is 0 Å². The molecule has 0 aliphatic heterocycles. The van der Waals surface area contributed by atoms with Crippen molar-refractivity contribution < 1.29 is 0 Å². The average Bonchev–Trinajstić information content (AvgIpc) is 2.33. The van der Waals surface area contributed by atoms with Crippen molar-refractivity contribution in [2.45, 2.75) is 45.4 Å². The Kier molecular flexibility index (Phi) is 4.22. The van der Waals surface area contributed by atoms with Crippen molar-refractivity contribution in [2.24, 2.45) is 5.41 Å². The molecular formula is C16H25N. The third kappa shape index (κ3) is 3.57. The van der Waals surface area contributed by atoms with Gasteiger partial charge in [0.15, 0.2) is 0 Å². The summed E-state index contributed by atoms with van der Waals surface area (Å²) < 4.78 is 0. The highest BCUT2D eigenvalue weighted by Crippen LogP contribution is 2.39. The van der Waals surface area contributed by atoms with Gasteiger partial charge in [-0.05, 0) is 42.7 Å². The van der Waals surface area contributed by atoms with E-state index in [-0.39, 0.29) is 0 Å². The van der Waals surface area contributed by atoms with Crippen LogP contribution in [0.5, 0.6) is 0 Å². The fraction of sp³-hybridized carbons (Fsp3) is 0.625. The van der Waals surface area contributed by atoms with Crippen LogP contribution in [0.25, 0.3) is 0 Å².